The highest BCUT2D eigenvalue weighted by Crippen LogP contribution is 2.31. The second kappa shape index (κ2) is 13.8. The molecule has 3 aromatic carbocycles. The van der Waals surface area contributed by atoms with Crippen LogP contribution in [0.5, 0.6) is 17.4 Å². The van der Waals surface area contributed by atoms with E-state index in [1.165, 1.54) is 4.90 Å². The van der Waals surface area contributed by atoms with E-state index in [-0.39, 0.29) is 17.9 Å². The van der Waals surface area contributed by atoms with E-state index in [1.54, 1.807) is 61.6 Å². The summed E-state index contributed by atoms with van der Waals surface area (Å²) < 4.78 is 22.3. The maximum absolute atomic E-state index is 13.2. The number of nitrogens with zero attached hydrogens (tertiary/aromatic N) is 2. The summed E-state index contributed by atoms with van der Waals surface area (Å²) in [5.74, 6) is 0.991. The first-order valence-electron chi connectivity index (χ1n) is 15.1. The number of rotatable bonds is 9. The number of hydrogen-bond donors (Lipinski definition) is 2. The van der Waals surface area contributed by atoms with Gasteiger partial charge in [-0.1, -0.05) is 6.07 Å². The van der Waals surface area contributed by atoms with Gasteiger partial charge in [-0.2, -0.15) is 0 Å². The van der Waals surface area contributed by atoms with Gasteiger partial charge in [0.1, 0.15) is 18.8 Å². The van der Waals surface area contributed by atoms with Crippen molar-refractivity contribution >= 4 is 40.2 Å². The second-order valence-corrected chi connectivity index (χ2v) is 12.0. The predicted octanol–water partition coefficient (Wildman–Crippen LogP) is 6.45. The molecule has 1 aliphatic rings. The summed E-state index contributed by atoms with van der Waals surface area (Å²) in [6, 6.07) is 19.2. The van der Waals surface area contributed by atoms with Gasteiger partial charge in [0.15, 0.2) is 11.5 Å². The Bertz CT molecular complexity index is 1770. The van der Waals surface area contributed by atoms with Crippen LogP contribution < -0.4 is 24.8 Å². The summed E-state index contributed by atoms with van der Waals surface area (Å²) in [5.41, 5.74) is 2.97. The molecular formula is C35H38N4O7. The van der Waals surface area contributed by atoms with Crippen molar-refractivity contribution in [2.75, 3.05) is 44.0 Å². The van der Waals surface area contributed by atoms with Crippen molar-refractivity contribution in [3.63, 3.8) is 0 Å². The van der Waals surface area contributed by atoms with E-state index in [1.807, 2.05) is 39.8 Å². The van der Waals surface area contributed by atoms with Crippen LogP contribution >= 0.6 is 0 Å². The Kier molecular flexibility index (Phi) is 9.60. The lowest BCUT2D eigenvalue weighted by Crippen LogP contribution is -2.35. The Morgan fingerprint density at radius 3 is 2.37 bits per heavy atom. The largest absolute Gasteiger partial charge is 0.486 e. The van der Waals surface area contributed by atoms with Crippen LogP contribution in [-0.4, -0.2) is 66.8 Å². The molecule has 4 aromatic rings. The zero-order chi connectivity index (χ0) is 32.8. The molecule has 5 rings (SSSR count). The molecule has 0 radical (unpaired) electrons. The fraction of sp³-hybridized carbons (Fsp3) is 0.314. The lowest BCUT2D eigenvalue weighted by molar-refractivity contribution is 0.0291. The summed E-state index contributed by atoms with van der Waals surface area (Å²) in [6.07, 6.45) is 0.232. The van der Waals surface area contributed by atoms with E-state index < -0.39 is 5.60 Å². The third-order valence-electron chi connectivity index (χ3n) is 7.07. The first-order chi connectivity index (χ1) is 21.9. The van der Waals surface area contributed by atoms with E-state index in [0.717, 1.165) is 10.9 Å². The maximum Gasteiger partial charge on any atom is 0.410 e. The third-order valence-corrected chi connectivity index (χ3v) is 7.07. The van der Waals surface area contributed by atoms with Crippen LogP contribution in [0.1, 0.15) is 53.5 Å². The molecular weight excluding hydrogens is 588 g/mol. The number of carbonyl (C=O) groups is 3. The number of aryl methyl sites for hydroxylation is 1. The highest BCUT2D eigenvalue weighted by Gasteiger charge is 2.19. The fourth-order valence-corrected chi connectivity index (χ4v) is 4.65. The SMILES string of the molecule is Cc1ccc(NC(=O)c2ccc3c(c2)OCCO3)cc1NC(=O)c1ccc2nc(OCCCN(C)C(=O)OC(C)(C)C)ccc2c1. The fourth-order valence-electron chi connectivity index (χ4n) is 4.65. The number of carbonyl (C=O) groups excluding carboxylic acids is 3. The Morgan fingerprint density at radius 2 is 1.59 bits per heavy atom. The van der Waals surface area contributed by atoms with Crippen LogP contribution in [0.25, 0.3) is 10.9 Å². The lowest BCUT2D eigenvalue weighted by atomic mass is 10.1. The zero-order valence-electron chi connectivity index (χ0n) is 26.6. The van der Waals surface area contributed by atoms with Gasteiger partial charge in [-0.3, -0.25) is 9.59 Å². The molecule has 240 valence electrons. The van der Waals surface area contributed by atoms with Crippen LogP contribution in [0.4, 0.5) is 16.2 Å². The Hall–Kier alpha value is -5.32. The van der Waals surface area contributed by atoms with Gasteiger partial charge in [-0.25, -0.2) is 9.78 Å². The highest BCUT2D eigenvalue weighted by atomic mass is 16.6. The number of fused-ring (bicyclic) bond motifs is 2. The van der Waals surface area contributed by atoms with Crippen molar-refractivity contribution in [3.05, 3.63) is 83.4 Å². The number of nitrogens with one attached hydrogen (secondary N) is 2. The minimum absolute atomic E-state index is 0.297. The van der Waals surface area contributed by atoms with Gasteiger partial charge in [0.05, 0.1) is 12.1 Å². The molecule has 1 aliphatic heterocycles. The topological polar surface area (TPSA) is 128 Å². The number of anilines is 2. The quantitative estimate of drug-likeness (QED) is 0.203. The molecule has 0 bridgehead atoms. The summed E-state index contributed by atoms with van der Waals surface area (Å²) in [6.45, 7) is 9.13. The Morgan fingerprint density at radius 1 is 0.870 bits per heavy atom. The van der Waals surface area contributed by atoms with Crippen molar-refractivity contribution in [2.24, 2.45) is 0 Å². The molecule has 11 nitrogen and oxygen atoms in total. The van der Waals surface area contributed by atoms with Gasteiger partial charge in [0.25, 0.3) is 11.8 Å². The van der Waals surface area contributed by atoms with E-state index in [9.17, 15) is 14.4 Å². The summed E-state index contributed by atoms with van der Waals surface area (Å²) in [7, 11) is 1.69. The lowest BCUT2D eigenvalue weighted by Gasteiger charge is -2.24. The van der Waals surface area contributed by atoms with Gasteiger partial charge >= 0.3 is 6.09 Å². The first kappa shape index (κ1) is 32.1. The third kappa shape index (κ3) is 8.23. The van der Waals surface area contributed by atoms with E-state index in [2.05, 4.69) is 15.6 Å². The van der Waals surface area contributed by atoms with Gasteiger partial charge < -0.3 is 34.5 Å². The number of benzene rings is 3. The van der Waals surface area contributed by atoms with Crippen LogP contribution in [0.3, 0.4) is 0 Å². The first-order valence-corrected chi connectivity index (χ1v) is 15.1. The van der Waals surface area contributed by atoms with E-state index in [0.29, 0.717) is 78.2 Å². The number of ether oxygens (including phenoxy) is 4. The second-order valence-electron chi connectivity index (χ2n) is 12.0. The highest BCUT2D eigenvalue weighted by molar-refractivity contribution is 6.08. The van der Waals surface area contributed by atoms with Crippen molar-refractivity contribution in [2.45, 2.75) is 39.7 Å². The normalized spacial score (nSPS) is 12.3. The molecule has 0 aliphatic carbocycles. The van der Waals surface area contributed by atoms with Crippen LogP contribution in [0.2, 0.25) is 0 Å². The molecule has 46 heavy (non-hydrogen) atoms. The average molecular weight is 627 g/mol. The average Bonchev–Trinajstić information content (AvgIpc) is 3.03. The molecule has 2 heterocycles. The van der Waals surface area contributed by atoms with E-state index in [4.69, 9.17) is 18.9 Å². The van der Waals surface area contributed by atoms with Crippen molar-refractivity contribution in [3.8, 4) is 17.4 Å². The van der Waals surface area contributed by atoms with Crippen LogP contribution in [0.15, 0.2) is 66.7 Å². The monoisotopic (exact) mass is 626 g/mol. The zero-order valence-corrected chi connectivity index (χ0v) is 26.6. The molecule has 0 saturated carbocycles. The smallest absolute Gasteiger partial charge is 0.410 e. The molecule has 0 unspecified atom stereocenters. The van der Waals surface area contributed by atoms with Gasteiger partial charge in [0, 0.05) is 47.5 Å². The number of pyridine rings is 1. The van der Waals surface area contributed by atoms with Gasteiger partial charge in [-0.15, -0.1) is 0 Å². The molecule has 0 saturated heterocycles. The Balaban J connectivity index is 1.17. The molecule has 0 spiro atoms. The number of amides is 3. The van der Waals surface area contributed by atoms with Crippen LogP contribution in [0, 0.1) is 6.92 Å². The maximum atomic E-state index is 13.2. The van der Waals surface area contributed by atoms with Crippen LogP contribution in [-0.2, 0) is 4.74 Å². The summed E-state index contributed by atoms with van der Waals surface area (Å²) >= 11 is 0. The van der Waals surface area contributed by atoms with Crippen molar-refractivity contribution < 1.29 is 33.3 Å². The standard InChI is InChI=1S/C35H38N4O7/c1-22-7-11-26(36-32(40)25-9-13-29-30(20-25)44-18-17-43-29)21-28(22)38-33(41)24-8-12-27-23(19-24)10-14-31(37-27)45-16-6-15-39(5)34(42)46-35(2,3)4/h7-14,19-21H,6,15-18H2,1-5H3,(H,36,40)(H,38,41). The minimum Gasteiger partial charge on any atom is -0.486 e. The summed E-state index contributed by atoms with van der Waals surface area (Å²) in [5, 5.41) is 6.61. The summed E-state index contributed by atoms with van der Waals surface area (Å²) in [4.78, 5) is 44.3. The minimum atomic E-state index is -0.545. The van der Waals surface area contributed by atoms with Gasteiger partial charge in [0.2, 0.25) is 5.88 Å². The van der Waals surface area contributed by atoms with Crippen molar-refractivity contribution in [1.82, 2.24) is 9.88 Å². The molecule has 0 fully saturated rings. The molecule has 3 amide bonds. The molecule has 2 N–H and O–H groups in total. The van der Waals surface area contributed by atoms with Crippen molar-refractivity contribution in [1.29, 1.82) is 0 Å². The van der Waals surface area contributed by atoms with Gasteiger partial charge in [-0.05, 0) is 94.3 Å². The molecule has 1 aromatic heterocycles. The Labute approximate surface area is 267 Å². The number of aromatic nitrogens is 1. The molecule has 0 atom stereocenters. The number of hydrogen-bond acceptors (Lipinski definition) is 8. The van der Waals surface area contributed by atoms with E-state index >= 15 is 0 Å². The predicted molar refractivity (Wildman–Crippen MR) is 175 cm³/mol. The molecule has 11 heteroatoms.